The monoisotopic (exact) mass is 402 g/mol. The number of ether oxygens (including phenoxy) is 1. The summed E-state index contributed by atoms with van der Waals surface area (Å²) in [5.74, 6) is 1.86. The van der Waals surface area contributed by atoms with Crippen molar-refractivity contribution < 1.29 is 9.53 Å². The molecule has 1 saturated heterocycles. The van der Waals surface area contributed by atoms with Crippen molar-refractivity contribution in [2.24, 2.45) is 5.92 Å². The van der Waals surface area contributed by atoms with Gasteiger partial charge in [-0.15, -0.1) is 0 Å². The van der Waals surface area contributed by atoms with E-state index in [9.17, 15) is 4.79 Å². The van der Waals surface area contributed by atoms with E-state index in [1.807, 2.05) is 24.0 Å². The van der Waals surface area contributed by atoms with Crippen molar-refractivity contribution in [2.45, 2.75) is 44.6 Å². The maximum Gasteiger partial charge on any atom is 0.255 e. The molecular weight excluding hydrogens is 372 g/mol. The molecule has 1 aliphatic carbocycles. The lowest BCUT2D eigenvalue weighted by Gasteiger charge is -2.39. The number of amides is 1. The van der Waals surface area contributed by atoms with E-state index < -0.39 is 0 Å². The highest BCUT2D eigenvalue weighted by atomic mass is 16.5. The molecular formula is C26H30N2O2. The molecule has 0 saturated carbocycles. The highest BCUT2D eigenvalue weighted by molar-refractivity contribution is 6.01. The van der Waals surface area contributed by atoms with Gasteiger partial charge in [-0.2, -0.15) is 0 Å². The van der Waals surface area contributed by atoms with Crippen molar-refractivity contribution >= 4 is 11.6 Å². The zero-order chi connectivity index (χ0) is 20.5. The summed E-state index contributed by atoms with van der Waals surface area (Å²) in [7, 11) is 0. The van der Waals surface area contributed by atoms with Gasteiger partial charge in [0, 0.05) is 24.6 Å². The Labute approximate surface area is 178 Å². The molecule has 0 spiro atoms. The van der Waals surface area contributed by atoms with Crippen molar-refractivity contribution in [1.29, 1.82) is 0 Å². The second kappa shape index (κ2) is 8.17. The van der Waals surface area contributed by atoms with Gasteiger partial charge in [-0.05, 0) is 56.2 Å². The van der Waals surface area contributed by atoms with Gasteiger partial charge in [-0.25, -0.2) is 0 Å². The fraction of sp³-hybridized carbons (Fsp3) is 0.423. The van der Waals surface area contributed by atoms with Gasteiger partial charge in [0.15, 0.2) is 0 Å². The van der Waals surface area contributed by atoms with E-state index in [-0.39, 0.29) is 11.9 Å². The molecule has 3 unspecified atom stereocenters. The fourth-order valence-corrected chi connectivity index (χ4v) is 5.40. The highest BCUT2D eigenvalue weighted by Gasteiger charge is 2.40. The molecule has 1 fully saturated rings. The number of hydrogen-bond acceptors (Lipinski definition) is 3. The molecule has 0 aromatic heterocycles. The number of fused-ring (bicyclic) bond motifs is 3. The summed E-state index contributed by atoms with van der Waals surface area (Å²) >= 11 is 0. The Morgan fingerprint density at radius 2 is 1.87 bits per heavy atom. The van der Waals surface area contributed by atoms with Crippen LogP contribution in [0.25, 0.3) is 0 Å². The van der Waals surface area contributed by atoms with Crippen molar-refractivity contribution in [1.82, 2.24) is 4.90 Å². The molecule has 4 heteroatoms. The molecule has 30 heavy (non-hydrogen) atoms. The van der Waals surface area contributed by atoms with Crippen LogP contribution in [0.2, 0.25) is 0 Å². The summed E-state index contributed by atoms with van der Waals surface area (Å²) in [4.78, 5) is 15.4. The SMILES string of the molecule is CCOc1ccccc1C1Nc2c(C(=O)N3CCCCC3)cccc2C2C=CCC21. The predicted molar refractivity (Wildman–Crippen MR) is 120 cm³/mol. The predicted octanol–water partition coefficient (Wildman–Crippen LogP) is 5.54. The molecule has 2 aromatic rings. The number of likely N-dealkylation sites (tertiary alicyclic amines) is 1. The van der Waals surface area contributed by atoms with Gasteiger partial charge in [0.05, 0.1) is 23.9 Å². The van der Waals surface area contributed by atoms with Gasteiger partial charge in [-0.1, -0.05) is 42.5 Å². The van der Waals surface area contributed by atoms with Crippen LogP contribution in [-0.4, -0.2) is 30.5 Å². The number of para-hydroxylation sites is 2. The van der Waals surface area contributed by atoms with E-state index in [0.717, 1.165) is 49.4 Å². The van der Waals surface area contributed by atoms with Gasteiger partial charge >= 0.3 is 0 Å². The maximum atomic E-state index is 13.4. The Kier molecular flexibility index (Phi) is 5.24. The third-order valence-electron chi connectivity index (χ3n) is 6.82. The van der Waals surface area contributed by atoms with E-state index in [0.29, 0.717) is 18.4 Å². The first-order valence-corrected chi connectivity index (χ1v) is 11.3. The van der Waals surface area contributed by atoms with Crippen LogP contribution in [0.5, 0.6) is 5.75 Å². The molecule has 5 rings (SSSR count). The Morgan fingerprint density at radius 1 is 1.07 bits per heavy atom. The number of benzene rings is 2. The summed E-state index contributed by atoms with van der Waals surface area (Å²) in [6.45, 7) is 4.40. The number of nitrogens with one attached hydrogen (secondary N) is 1. The third-order valence-corrected chi connectivity index (χ3v) is 6.82. The smallest absolute Gasteiger partial charge is 0.255 e. The topological polar surface area (TPSA) is 41.6 Å². The Bertz CT molecular complexity index is 961. The minimum absolute atomic E-state index is 0.121. The third kappa shape index (κ3) is 3.28. The summed E-state index contributed by atoms with van der Waals surface area (Å²) in [5, 5.41) is 3.80. The maximum absolute atomic E-state index is 13.4. The standard InChI is InChI=1S/C26H30N2O2/c1-2-30-23-15-5-4-10-21(23)24-19-12-8-11-18(19)20-13-9-14-22(25(20)27-24)26(29)28-16-6-3-7-17-28/h4-5,8-11,13-15,18-19,24,27H,2-3,6-7,12,16-17H2,1H3. The molecule has 156 valence electrons. The van der Waals surface area contributed by atoms with Crippen LogP contribution in [-0.2, 0) is 0 Å². The van der Waals surface area contributed by atoms with Crippen molar-refractivity contribution in [3.63, 3.8) is 0 Å². The summed E-state index contributed by atoms with van der Waals surface area (Å²) in [6, 6.07) is 14.7. The first-order chi connectivity index (χ1) is 14.8. The van der Waals surface area contributed by atoms with Crippen molar-refractivity contribution in [3.8, 4) is 5.75 Å². The number of nitrogens with zero attached hydrogens (tertiary/aromatic N) is 1. The lowest BCUT2D eigenvalue weighted by atomic mass is 9.76. The Hall–Kier alpha value is -2.75. The first-order valence-electron chi connectivity index (χ1n) is 11.3. The van der Waals surface area contributed by atoms with Crippen LogP contribution in [0.3, 0.4) is 0 Å². The van der Waals surface area contributed by atoms with E-state index in [2.05, 4.69) is 47.8 Å². The van der Waals surface area contributed by atoms with Gasteiger partial charge in [0.1, 0.15) is 5.75 Å². The molecule has 2 heterocycles. The number of hydrogen-bond donors (Lipinski definition) is 1. The highest BCUT2D eigenvalue weighted by Crippen LogP contribution is 2.52. The Morgan fingerprint density at radius 3 is 2.70 bits per heavy atom. The second-order valence-corrected chi connectivity index (χ2v) is 8.57. The zero-order valence-corrected chi connectivity index (χ0v) is 17.6. The van der Waals surface area contributed by atoms with Gasteiger partial charge in [0.2, 0.25) is 0 Å². The zero-order valence-electron chi connectivity index (χ0n) is 17.6. The van der Waals surface area contributed by atoms with Crippen LogP contribution in [0.4, 0.5) is 5.69 Å². The van der Waals surface area contributed by atoms with E-state index in [1.54, 1.807) is 0 Å². The first kappa shape index (κ1) is 19.2. The average Bonchev–Trinajstić information content (AvgIpc) is 3.29. The molecule has 2 aromatic carbocycles. The lowest BCUT2D eigenvalue weighted by molar-refractivity contribution is 0.0725. The van der Waals surface area contributed by atoms with Crippen molar-refractivity contribution in [2.75, 3.05) is 25.0 Å². The molecule has 0 bridgehead atoms. The van der Waals surface area contributed by atoms with Gasteiger partial charge < -0.3 is 15.0 Å². The fourth-order valence-electron chi connectivity index (χ4n) is 5.40. The average molecular weight is 403 g/mol. The molecule has 3 atom stereocenters. The minimum atomic E-state index is 0.121. The molecule has 0 radical (unpaired) electrons. The molecule has 1 amide bonds. The van der Waals surface area contributed by atoms with E-state index >= 15 is 0 Å². The summed E-state index contributed by atoms with van der Waals surface area (Å²) in [6.07, 6.45) is 9.08. The normalized spacial score (nSPS) is 24.7. The molecule has 2 aliphatic heterocycles. The number of rotatable bonds is 4. The van der Waals surface area contributed by atoms with Crippen LogP contribution >= 0.6 is 0 Å². The largest absolute Gasteiger partial charge is 0.494 e. The van der Waals surface area contributed by atoms with Crippen LogP contribution < -0.4 is 10.1 Å². The van der Waals surface area contributed by atoms with Crippen molar-refractivity contribution in [3.05, 3.63) is 71.3 Å². The number of carbonyl (C=O) groups excluding carboxylic acids is 1. The quantitative estimate of drug-likeness (QED) is 0.683. The van der Waals surface area contributed by atoms with E-state index in [1.165, 1.54) is 17.5 Å². The van der Waals surface area contributed by atoms with Crippen LogP contribution in [0, 0.1) is 5.92 Å². The minimum Gasteiger partial charge on any atom is -0.494 e. The number of piperidine rings is 1. The van der Waals surface area contributed by atoms with Gasteiger partial charge in [0.25, 0.3) is 5.91 Å². The molecule has 4 nitrogen and oxygen atoms in total. The van der Waals surface area contributed by atoms with E-state index in [4.69, 9.17) is 4.74 Å². The summed E-state index contributed by atoms with van der Waals surface area (Å²) < 4.78 is 5.96. The van der Waals surface area contributed by atoms with Crippen LogP contribution in [0.1, 0.15) is 66.1 Å². The second-order valence-electron chi connectivity index (χ2n) is 8.57. The Balaban J connectivity index is 1.56. The van der Waals surface area contributed by atoms with Gasteiger partial charge in [-0.3, -0.25) is 4.79 Å². The summed E-state index contributed by atoms with van der Waals surface area (Å²) in [5.41, 5.74) is 4.26. The molecule has 1 N–H and O–H groups in total. The number of anilines is 1. The lowest BCUT2D eigenvalue weighted by Crippen LogP contribution is -2.37. The molecule has 3 aliphatic rings. The number of carbonyl (C=O) groups is 1. The number of allylic oxidation sites excluding steroid dienone is 2. The van der Waals surface area contributed by atoms with Crippen LogP contribution in [0.15, 0.2) is 54.6 Å².